The molecule has 0 heterocycles. The van der Waals surface area contributed by atoms with Crippen LogP contribution in [-0.4, -0.2) is 43.5 Å². The summed E-state index contributed by atoms with van der Waals surface area (Å²) in [7, 11) is 3.66. The molecule has 0 radical (unpaired) electrons. The van der Waals surface area contributed by atoms with Crippen LogP contribution in [0, 0.1) is 0 Å². The second-order valence-electron chi connectivity index (χ2n) is 4.32. The van der Waals surface area contributed by atoms with Crippen molar-refractivity contribution in [3.63, 3.8) is 0 Å². The molecule has 0 amide bonds. The van der Waals surface area contributed by atoms with Gasteiger partial charge in [0.2, 0.25) is 0 Å². The third-order valence-electron chi connectivity index (χ3n) is 2.74. The quantitative estimate of drug-likeness (QED) is 0.663. The molecule has 0 aliphatic heterocycles. The topological polar surface area (TPSA) is 63.3 Å². The molecule has 0 aromatic heterocycles. The van der Waals surface area contributed by atoms with Crippen molar-refractivity contribution in [3.05, 3.63) is 48.0 Å². The van der Waals surface area contributed by atoms with Crippen molar-refractivity contribution in [1.29, 1.82) is 0 Å². The molecule has 0 aliphatic rings. The normalized spacial score (nSPS) is 12.1. The van der Waals surface area contributed by atoms with E-state index in [4.69, 9.17) is 10.8 Å². The summed E-state index contributed by atoms with van der Waals surface area (Å²) < 4.78 is 0. The van der Waals surface area contributed by atoms with Gasteiger partial charge in [0.15, 0.2) is 0 Å². The number of carboxylic acid groups (broad SMARTS) is 1. The Morgan fingerprint density at radius 2 is 2.11 bits per heavy atom. The summed E-state index contributed by atoms with van der Waals surface area (Å²) in [6.07, 6.45) is 2.31. The van der Waals surface area contributed by atoms with E-state index in [1.54, 1.807) is 12.8 Å². The Kier molecular flexibility index (Phi) is 6.36. The van der Waals surface area contributed by atoms with E-state index in [9.17, 15) is 4.79 Å². The van der Waals surface area contributed by atoms with E-state index < -0.39 is 5.97 Å². The Labute approximate surface area is 115 Å². The van der Waals surface area contributed by atoms with Crippen molar-refractivity contribution in [2.45, 2.75) is 18.9 Å². The fourth-order valence-corrected chi connectivity index (χ4v) is 1.84. The molecule has 0 aliphatic carbocycles. The molecule has 0 saturated carbocycles. The summed E-state index contributed by atoms with van der Waals surface area (Å²) in [4.78, 5) is 10.5. The number of hydrogen-bond acceptors (Lipinski definition) is 2. The van der Waals surface area contributed by atoms with Crippen molar-refractivity contribution in [1.82, 2.24) is 0 Å². The number of allylic oxidation sites excluding steroid dienone is 1. The Hall–Kier alpha value is -1.55. The number of aliphatic carboxylic acids is 1. The average molecular weight is 251 g/mol. The number of hydrogen-bond donors (Lipinski definition) is 2. The third kappa shape index (κ3) is 5.31. The van der Waals surface area contributed by atoms with Crippen LogP contribution in [0.15, 0.2) is 36.9 Å². The second-order valence-corrected chi connectivity index (χ2v) is 4.32. The molecule has 0 saturated heterocycles. The molecular weight excluding hydrogens is 235 g/mol. The molecule has 94 valence electrons. The maximum absolute atomic E-state index is 10.5. The zero-order valence-corrected chi connectivity index (χ0v) is 10.9. The molecule has 1 aromatic carbocycles. The van der Waals surface area contributed by atoms with Gasteiger partial charge in [-0.1, -0.05) is 0 Å². The summed E-state index contributed by atoms with van der Waals surface area (Å²) in [6, 6.07) is 7.50. The Morgan fingerprint density at radius 3 is 2.58 bits per heavy atom. The summed E-state index contributed by atoms with van der Waals surface area (Å²) in [5, 5.41) is 8.66. The molecule has 6 heteroatoms. The summed E-state index contributed by atoms with van der Waals surface area (Å²) in [6.45, 7) is 7.36. The van der Waals surface area contributed by atoms with Crippen molar-refractivity contribution in [3.8, 4) is 0 Å². The first-order chi connectivity index (χ1) is 9.06. The molecule has 1 aromatic rings. The van der Waals surface area contributed by atoms with E-state index in [0.717, 1.165) is 16.6 Å². The second kappa shape index (κ2) is 7.79. The molecule has 19 heavy (non-hydrogen) atoms. The molecule has 0 bridgehead atoms. The van der Waals surface area contributed by atoms with E-state index in [0.29, 0.717) is 6.42 Å². The van der Waals surface area contributed by atoms with Gasteiger partial charge in [0.1, 0.15) is 0 Å². The van der Waals surface area contributed by atoms with E-state index >= 15 is 0 Å². The van der Waals surface area contributed by atoms with Gasteiger partial charge in [0, 0.05) is 0 Å². The minimum absolute atomic E-state index is 0.0178. The van der Waals surface area contributed by atoms with Crippen LogP contribution in [0.3, 0.4) is 0 Å². The van der Waals surface area contributed by atoms with Gasteiger partial charge in [-0.3, -0.25) is 0 Å². The molecule has 3 nitrogen and oxygen atoms in total. The number of carbonyl (C=O) groups is 1. The third-order valence-corrected chi connectivity index (χ3v) is 2.74. The van der Waals surface area contributed by atoms with Crippen LogP contribution in [-0.2, 0) is 11.2 Å². The Bertz CT molecular complexity index is 497. The SMILES string of the molecule is B=B/B=C(\C=C)c1ccc(C[C@H](N)CC(=O)O)cc1. The van der Waals surface area contributed by atoms with Gasteiger partial charge in [0.05, 0.1) is 0 Å². The van der Waals surface area contributed by atoms with Gasteiger partial charge in [-0.2, -0.15) is 0 Å². The van der Waals surface area contributed by atoms with Crippen LogP contribution in [0.1, 0.15) is 17.5 Å². The van der Waals surface area contributed by atoms with Gasteiger partial charge >= 0.3 is 115 Å². The number of nitrogens with two attached hydrogens (primary N) is 1. The minimum atomic E-state index is -0.869. The van der Waals surface area contributed by atoms with E-state index in [1.165, 1.54) is 0 Å². The monoisotopic (exact) mass is 251 g/mol. The van der Waals surface area contributed by atoms with Crippen LogP contribution < -0.4 is 5.73 Å². The first-order valence-electron chi connectivity index (χ1n) is 6.08. The average Bonchev–Trinajstić information content (AvgIpc) is 2.36. The van der Waals surface area contributed by atoms with Gasteiger partial charge < -0.3 is 0 Å². The molecule has 0 fully saturated rings. The zero-order valence-electron chi connectivity index (χ0n) is 10.9. The predicted molar refractivity (Wildman–Crippen MR) is 83.3 cm³/mol. The molecule has 1 atom stereocenters. The van der Waals surface area contributed by atoms with Gasteiger partial charge in [0.25, 0.3) is 0 Å². The van der Waals surface area contributed by atoms with Crippen LogP contribution >= 0.6 is 0 Å². The van der Waals surface area contributed by atoms with Crippen molar-refractivity contribution in [2.75, 3.05) is 0 Å². The van der Waals surface area contributed by atoms with Crippen LogP contribution in [0.5, 0.6) is 0 Å². The molecule has 3 N–H and O–H groups in total. The van der Waals surface area contributed by atoms with E-state index in [-0.39, 0.29) is 12.5 Å². The fourth-order valence-electron chi connectivity index (χ4n) is 1.84. The number of rotatable bonds is 7. The molecule has 1 rings (SSSR count). The van der Waals surface area contributed by atoms with Crippen LogP contribution in [0.4, 0.5) is 0 Å². The fraction of sp³-hybridized carbons (Fsp3) is 0.231. The summed E-state index contributed by atoms with van der Waals surface area (Å²) >= 11 is 0. The van der Waals surface area contributed by atoms with Gasteiger partial charge in [-0.25, -0.2) is 0 Å². The first kappa shape index (κ1) is 15.5. The van der Waals surface area contributed by atoms with Gasteiger partial charge in [-0.15, -0.1) is 0 Å². The Balaban J connectivity index is 2.76. The van der Waals surface area contributed by atoms with E-state index in [2.05, 4.69) is 13.9 Å². The van der Waals surface area contributed by atoms with Gasteiger partial charge in [-0.05, 0) is 0 Å². The molecule has 0 unspecified atom stereocenters. The summed E-state index contributed by atoms with van der Waals surface area (Å²) in [5.41, 5.74) is 8.83. The van der Waals surface area contributed by atoms with Crippen LogP contribution in [0.2, 0.25) is 0 Å². The maximum atomic E-state index is 10.5. The zero-order chi connectivity index (χ0) is 14.3. The molecular formula is C13H16B3NO2. The van der Waals surface area contributed by atoms with Crippen molar-refractivity contribution >= 4 is 32.3 Å². The van der Waals surface area contributed by atoms with E-state index in [1.807, 2.05) is 31.1 Å². The van der Waals surface area contributed by atoms with Crippen molar-refractivity contribution in [2.24, 2.45) is 5.73 Å². The standard InChI is InChI=1S/C13H16B3NO2/c1-2-12(15-16-14)10-5-3-9(4-6-10)7-11(17)8-13(18)19/h2-6,11,14H,1,7-8,17H2,(H,18,19)/t11-/m0/s1. The van der Waals surface area contributed by atoms with Crippen LogP contribution in [0.25, 0.3) is 0 Å². The summed E-state index contributed by atoms with van der Waals surface area (Å²) in [5.74, 6) is -0.869. The Morgan fingerprint density at radius 1 is 1.47 bits per heavy atom. The number of carboxylic acids is 1. The van der Waals surface area contributed by atoms with Crippen molar-refractivity contribution < 1.29 is 9.90 Å². The predicted octanol–water partition coefficient (Wildman–Crippen LogP) is -0.123. The first-order valence-corrected chi connectivity index (χ1v) is 6.08. The number of benzene rings is 1. The molecule has 0 spiro atoms.